The van der Waals surface area contributed by atoms with E-state index >= 15 is 0 Å². The maximum atomic E-state index is 12.6. The van der Waals surface area contributed by atoms with Crippen LogP contribution in [-0.4, -0.2) is 26.8 Å². The van der Waals surface area contributed by atoms with E-state index in [1.54, 1.807) is 31.2 Å². The molecule has 0 aliphatic carbocycles. The van der Waals surface area contributed by atoms with Crippen molar-refractivity contribution < 1.29 is 22.7 Å². The highest BCUT2D eigenvalue weighted by Gasteiger charge is 2.18. The third-order valence-electron chi connectivity index (χ3n) is 4.60. The van der Waals surface area contributed by atoms with Gasteiger partial charge in [0, 0.05) is 24.3 Å². The van der Waals surface area contributed by atoms with Crippen LogP contribution in [-0.2, 0) is 19.6 Å². The van der Waals surface area contributed by atoms with Gasteiger partial charge < -0.3 is 15.4 Å². The summed E-state index contributed by atoms with van der Waals surface area (Å²) in [6.07, 6.45) is 0. The predicted octanol–water partition coefficient (Wildman–Crippen LogP) is 3.70. The van der Waals surface area contributed by atoms with Gasteiger partial charge in [-0.25, -0.2) is 13.1 Å². The largest absolute Gasteiger partial charge is 0.484 e. The first-order chi connectivity index (χ1) is 15.7. The fourth-order valence-electron chi connectivity index (χ4n) is 3.05. The number of ether oxygens (including phenoxy) is 1. The third-order valence-corrected chi connectivity index (χ3v) is 6.16. The van der Waals surface area contributed by atoms with Gasteiger partial charge in [0.05, 0.1) is 4.90 Å². The van der Waals surface area contributed by atoms with Crippen molar-refractivity contribution in [2.24, 2.45) is 0 Å². The molecule has 1 atom stereocenters. The second-order valence-electron chi connectivity index (χ2n) is 7.32. The van der Waals surface area contributed by atoms with E-state index in [9.17, 15) is 18.0 Å². The summed E-state index contributed by atoms with van der Waals surface area (Å²) in [6.45, 7) is 2.91. The van der Waals surface area contributed by atoms with Crippen molar-refractivity contribution in [1.29, 1.82) is 0 Å². The molecule has 3 N–H and O–H groups in total. The van der Waals surface area contributed by atoms with Crippen LogP contribution in [0.1, 0.15) is 25.5 Å². The Morgan fingerprint density at radius 2 is 1.52 bits per heavy atom. The van der Waals surface area contributed by atoms with Crippen molar-refractivity contribution in [1.82, 2.24) is 4.72 Å². The topological polar surface area (TPSA) is 114 Å². The Labute approximate surface area is 193 Å². The molecule has 0 bridgehead atoms. The van der Waals surface area contributed by atoms with Gasteiger partial charge in [0.2, 0.25) is 15.9 Å². The van der Waals surface area contributed by atoms with Crippen LogP contribution in [0, 0.1) is 0 Å². The van der Waals surface area contributed by atoms with Crippen molar-refractivity contribution >= 4 is 33.2 Å². The minimum atomic E-state index is -3.72. The molecule has 0 heterocycles. The number of benzene rings is 3. The summed E-state index contributed by atoms with van der Waals surface area (Å²) in [5.41, 5.74) is 1.93. The number of hydrogen-bond donors (Lipinski definition) is 3. The first-order valence-electron chi connectivity index (χ1n) is 10.2. The smallest absolute Gasteiger partial charge is 0.262 e. The second-order valence-corrected chi connectivity index (χ2v) is 9.04. The molecule has 172 valence electrons. The number of carbonyl (C=O) groups is 2. The lowest BCUT2D eigenvalue weighted by molar-refractivity contribution is -0.118. The number of anilines is 2. The standard InChI is InChI=1S/C24H25N3O5S/c1-17(19-7-4-3-5-8-19)27-33(30,31)23-13-11-22(12-14-23)32-16-24(29)26-21-10-6-9-20(15-21)25-18(2)28/h3-15,17,27H,16H2,1-2H3,(H,25,28)(H,26,29)/t17-/m1/s1. The third kappa shape index (κ3) is 7.16. The number of sulfonamides is 1. The summed E-state index contributed by atoms with van der Waals surface area (Å²) >= 11 is 0. The molecule has 0 saturated carbocycles. The number of carbonyl (C=O) groups excluding carboxylic acids is 2. The van der Waals surface area contributed by atoms with E-state index in [1.807, 2.05) is 30.3 Å². The fraction of sp³-hybridized carbons (Fsp3) is 0.167. The Morgan fingerprint density at radius 3 is 2.15 bits per heavy atom. The molecule has 0 fully saturated rings. The van der Waals surface area contributed by atoms with Gasteiger partial charge in [-0.05, 0) is 55.0 Å². The first kappa shape index (κ1) is 24.0. The summed E-state index contributed by atoms with van der Waals surface area (Å²) in [7, 11) is -3.72. The average molecular weight is 468 g/mol. The molecule has 3 aromatic rings. The summed E-state index contributed by atoms with van der Waals surface area (Å²) in [5.74, 6) is -0.255. The fourth-order valence-corrected chi connectivity index (χ4v) is 4.28. The van der Waals surface area contributed by atoms with E-state index in [0.29, 0.717) is 17.1 Å². The Kier molecular flexibility index (Phi) is 7.81. The first-order valence-corrected chi connectivity index (χ1v) is 11.7. The SMILES string of the molecule is CC(=O)Nc1cccc(NC(=O)COc2ccc(S(=O)(=O)N[C@H](C)c3ccccc3)cc2)c1. The van der Waals surface area contributed by atoms with Gasteiger partial charge in [-0.15, -0.1) is 0 Å². The molecule has 8 nitrogen and oxygen atoms in total. The normalized spacial score (nSPS) is 11.9. The van der Waals surface area contributed by atoms with E-state index < -0.39 is 15.9 Å². The number of nitrogens with one attached hydrogen (secondary N) is 3. The lowest BCUT2D eigenvalue weighted by atomic mass is 10.1. The van der Waals surface area contributed by atoms with Crippen molar-refractivity contribution in [2.45, 2.75) is 24.8 Å². The predicted molar refractivity (Wildman–Crippen MR) is 126 cm³/mol. The minimum Gasteiger partial charge on any atom is -0.484 e. The Bertz CT molecular complexity index is 1210. The van der Waals surface area contributed by atoms with Gasteiger partial charge >= 0.3 is 0 Å². The maximum Gasteiger partial charge on any atom is 0.262 e. The molecule has 0 aromatic heterocycles. The lowest BCUT2D eigenvalue weighted by Crippen LogP contribution is -2.26. The highest BCUT2D eigenvalue weighted by atomic mass is 32.2. The van der Waals surface area contributed by atoms with Crippen LogP contribution >= 0.6 is 0 Å². The number of amides is 2. The molecule has 0 saturated heterocycles. The van der Waals surface area contributed by atoms with Crippen LogP contribution in [0.2, 0.25) is 0 Å². The molecule has 0 unspecified atom stereocenters. The van der Waals surface area contributed by atoms with Gasteiger partial charge in [0.1, 0.15) is 5.75 Å². The summed E-state index contributed by atoms with van der Waals surface area (Å²) < 4.78 is 33.4. The van der Waals surface area contributed by atoms with Crippen LogP contribution in [0.3, 0.4) is 0 Å². The van der Waals surface area contributed by atoms with Crippen LogP contribution < -0.4 is 20.1 Å². The molecule has 33 heavy (non-hydrogen) atoms. The molecule has 3 aromatic carbocycles. The van der Waals surface area contributed by atoms with Gasteiger partial charge in [-0.2, -0.15) is 0 Å². The number of hydrogen-bond acceptors (Lipinski definition) is 5. The molecule has 9 heteroatoms. The quantitative estimate of drug-likeness (QED) is 0.444. The van der Waals surface area contributed by atoms with Gasteiger partial charge in [0.15, 0.2) is 6.61 Å². The van der Waals surface area contributed by atoms with Crippen LogP contribution in [0.15, 0.2) is 83.8 Å². The molecule has 2 amide bonds. The summed E-state index contributed by atoms with van der Waals surface area (Å²) in [4.78, 5) is 23.4. The van der Waals surface area contributed by atoms with Crippen molar-refractivity contribution in [3.8, 4) is 5.75 Å². The molecular formula is C24H25N3O5S. The zero-order valence-electron chi connectivity index (χ0n) is 18.2. The Morgan fingerprint density at radius 1 is 0.879 bits per heavy atom. The highest BCUT2D eigenvalue weighted by Crippen LogP contribution is 2.20. The van der Waals surface area contributed by atoms with E-state index in [2.05, 4.69) is 15.4 Å². The van der Waals surface area contributed by atoms with Gasteiger partial charge in [-0.3, -0.25) is 9.59 Å². The van der Waals surface area contributed by atoms with Crippen molar-refractivity contribution in [3.05, 3.63) is 84.4 Å². The van der Waals surface area contributed by atoms with Crippen molar-refractivity contribution in [2.75, 3.05) is 17.2 Å². The zero-order chi connectivity index (χ0) is 23.8. The van der Waals surface area contributed by atoms with E-state index in [-0.39, 0.29) is 23.5 Å². The maximum absolute atomic E-state index is 12.6. The Balaban J connectivity index is 1.55. The summed E-state index contributed by atoms with van der Waals surface area (Å²) in [6, 6.07) is 21.4. The minimum absolute atomic E-state index is 0.0943. The van der Waals surface area contributed by atoms with Gasteiger partial charge in [0.25, 0.3) is 5.91 Å². The van der Waals surface area contributed by atoms with E-state index in [1.165, 1.54) is 31.2 Å². The van der Waals surface area contributed by atoms with E-state index in [4.69, 9.17) is 4.74 Å². The van der Waals surface area contributed by atoms with Crippen LogP contribution in [0.5, 0.6) is 5.75 Å². The highest BCUT2D eigenvalue weighted by molar-refractivity contribution is 7.89. The van der Waals surface area contributed by atoms with Crippen LogP contribution in [0.4, 0.5) is 11.4 Å². The van der Waals surface area contributed by atoms with E-state index in [0.717, 1.165) is 5.56 Å². The monoisotopic (exact) mass is 467 g/mol. The van der Waals surface area contributed by atoms with Gasteiger partial charge in [-0.1, -0.05) is 36.4 Å². The zero-order valence-corrected chi connectivity index (χ0v) is 19.1. The Hall–Kier alpha value is -3.69. The molecule has 3 rings (SSSR count). The second kappa shape index (κ2) is 10.8. The molecular weight excluding hydrogens is 442 g/mol. The number of rotatable bonds is 9. The lowest BCUT2D eigenvalue weighted by Gasteiger charge is -2.15. The summed E-state index contributed by atoms with van der Waals surface area (Å²) in [5, 5.41) is 5.32. The molecule has 0 aliphatic heterocycles. The molecule has 0 spiro atoms. The average Bonchev–Trinajstić information content (AvgIpc) is 2.78. The molecule has 0 aliphatic rings. The van der Waals surface area contributed by atoms with Crippen LogP contribution in [0.25, 0.3) is 0 Å². The molecule has 0 radical (unpaired) electrons. The van der Waals surface area contributed by atoms with Crippen molar-refractivity contribution in [3.63, 3.8) is 0 Å².